The topological polar surface area (TPSA) is 52.6 Å². The third-order valence-electron chi connectivity index (χ3n) is 17.3. The van der Waals surface area contributed by atoms with E-state index in [0.717, 1.165) is 82.1 Å². The van der Waals surface area contributed by atoms with Crippen LogP contribution in [0.15, 0.2) is 91.0 Å². The normalized spacial score (nSPS) is 26.7. The first kappa shape index (κ1) is 54.5. The van der Waals surface area contributed by atoms with Crippen molar-refractivity contribution >= 4 is 41.3 Å². The number of hydrogen-bond acceptors (Lipinski definition) is 4. The van der Waals surface area contributed by atoms with E-state index in [1.165, 1.54) is 77.0 Å². The maximum Gasteiger partial charge on any atom is 1.00 e. The molecule has 4 nitrogen and oxygen atoms in total. The average molecular weight is 960 g/mol. The predicted molar refractivity (Wildman–Crippen MR) is 267 cm³/mol. The molecule has 5 unspecified atom stereocenters. The number of benzene rings is 4. The minimum Gasteiger partial charge on any atom is -0.545 e. The first-order chi connectivity index (χ1) is 31.4. The van der Waals surface area contributed by atoms with E-state index in [1.807, 2.05) is 72.8 Å². The first-order valence-corrected chi connectivity index (χ1v) is 25.6. The van der Waals surface area contributed by atoms with Crippen molar-refractivity contribution in [3.63, 3.8) is 0 Å². The molecule has 0 aromatic heterocycles. The van der Waals surface area contributed by atoms with Gasteiger partial charge in [0.2, 0.25) is 0 Å². The number of halogens is 2. The Morgan fingerprint density at radius 2 is 1.25 bits per heavy atom. The van der Waals surface area contributed by atoms with Gasteiger partial charge in [0.15, 0.2) is 0 Å². The van der Waals surface area contributed by atoms with E-state index in [4.69, 9.17) is 32.7 Å². The van der Waals surface area contributed by atoms with Crippen molar-refractivity contribution in [1.29, 1.82) is 0 Å². The zero-order valence-corrected chi connectivity index (χ0v) is 47.0. The molecule has 4 saturated carbocycles. The molecule has 4 aromatic carbocycles. The Morgan fingerprint density at radius 3 is 1.81 bits per heavy atom. The Kier molecular flexibility index (Phi) is 19.9. The second-order valence-corrected chi connectivity index (χ2v) is 22.3. The molecule has 346 valence electrons. The van der Waals surface area contributed by atoms with Crippen LogP contribution in [0.1, 0.15) is 158 Å². The van der Waals surface area contributed by atoms with Gasteiger partial charge in [-0.25, -0.2) is 0 Å². The summed E-state index contributed by atoms with van der Waals surface area (Å²) in [6, 6.07) is 26.8. The Bertz CT molecular complexity index is 2190. The second-order valence-electron chi connectivity index (χ2n) is 21.4. The molecule has 0 N–H and O–H groups in total. The zero-order chi connectivity index (χ0) is 45.7. The fraction of sp³-hybridized carbons (Fsp3) is 0.525. The molecule has 0 amide bonds. The van der Waals surface area contributed by atoms with Gasteiger partial charge >= 0.3 is 59.1 Å². The van der Waals surface area contributed by atoms with Crippen LogP contribution >= 0.6 is 23.2 Å². The van der Waals surface area contributed by atoms with Crippen LogP contribution in [0, 0.1) is 58.2 Å². The van der Waals surface area contributed by atoms with E-state index < -0.39 is 0 Å². The number of allylic oxidation sites excluding steroid dienone is 1. The summed E-state index contributed by atoms with van der Waals surface area (Å²) in [7, 11) is 0. The van der Waals surface area contributed by atoms with Crippen LogP contribution in [-0.2, 0) is 22.8 Å². The van der Waals surface area contributed by atoms with E-state index >= 15 is 0 Å². The maximum atomic E-state index is 12.5. The first-order valence-electron chi connectivity index (χ1n) is 24.9. The Hall–Kier alpha value is -1.86. The summed E-state index contributed by atoms with van der Waals surface area (Å²) >= 11 is 13.9. The summed E-state index contributed by atoms with van der Waals surface area (Å²) < 4.78 is 12.2. The van der Waals surface area contributed by atoms with Gasteiger partial charge in [-0.1, -0.05) is 167 Å². The van der Waals surface area contributed by atoms with E-state index in [1.54, 1.807) is 12.1 Å². The molecular formula is C59H70Cl2Na2O4. The summed E-state index contributed by atoms with van der Waals surface area (Å²) in [5, 5.41) is 0.626. The van der Waals surface area contributed by atoms with Crippen LogP contribution in [0.25, 0.3) is 5.57 Å². The summed E-state index contributed by atoms with van der Waals surface area (Å²) in [6.07, 6.45) is 24.9. The largest absolute Gasteiger partial charge is 1.00 e. The Balaban J connectivity index is 0.00000370. The van der Waals surface area contributed by atoms with Gasteiger partial charge in [0.25, 0.3) is 0 Å². The monoisotopic (exact) mass is 958 g/mol. The summed E-state index contributed by atoms with van der Waals surface area (Å²) in [5.41, 5.74) is 5.65. The maximum absolute atomic E-state index is 12.5. The molecule has 9 atom stereocenters. The van der Waals surface area contributed by atoms with Crippen molar-refractivity contribution in [3.8, 4) is 11.5 Å². The van der Waals surface area contributed by atoms with Crippen molar-refractivity contribution in [2.24, 2.45) is 58.2 Å². The quantitative estimate of drug-likeness (QED) is 0.0737. The predicted octanol–water partition coefficient (Wildman–Crippen LogP) is 10.0. The SMILES string of the molecule is CC(C)CCCC(C)[C@H]1CCC2C3CCC4C[C@@H](CCC=C(c5cc(Cl)c(OCc6ccccc6)c([C-]=O)c5)c5cc(Cl)c(OCc6ccccc6)c([C-]=O)c5)CC[C@]4(C)C3CC[C@@]21C.[Na+].[Na+]. The van der Waals surface area contributed by atoms with Crippen LogP contribution in [-0.4, -0.2) is 12.6 Å². The van der Waals surface area contributed by atoms with Gasteiger partial charge in [-0.2, -0.15) is 0 Å². The fourth-order valence-corrected chi connectivity index (χ4v) is 14.4. The molecule has 8 rings (SSSR count). The molecule has 0 radical (unpaired) electrons. The zero-order valence-electron chi connectivity index (χ0n) is 41.5. The summed E-state index contributed by atoms with van der Waals surface area (Å²) in [6.45, 7) is 13.3. The average Bonchev–Trinajstić information content (AvgIpc) is 3.67. The number of carbonyl (C=O) groups excluding carboxylic acids is 2. The molecule has 8 heteroatoms. The van der Waals surface area contributed by atoms with E-state index in [9.17, 15) is 9.59 Å². The molecule has 0 bridgehead atoms. The molecule has 0 heterocycles. The van der Waals surface area contributed by atoms with Gasteiger partial charge < -0.3 is 19.1 Å². The molecular weight excluding hydrogens is 890 g/mol. The van der Waals surface area contributed by atoms with Crippen LogP contribution in [0.2, 0.25) is 10.0 Å². The molecule has 0 saturated heterocycles. The number of rotatable bonds is 18. The van der Waals surface area contributed by atoms with Crippen LogP contribution < -0.4 is 68.6 Å². The number of hydrogen-bond donors (Lipinski definition) is 0. The van der Waals surface area contributed by atoms with Crippen molar-refractivity contribution in [3.05, 3.63) is 134 Å². The van der Waals surface area contributed by atoms with Crippen molar-refractivity contribution in [2.45, 2.75) is 138 Å². The Labute approximate surface area is 457 Å². The number of ether oxygens (including phenoxy) is 2. The molecule has 4 aliphatic rings. The standard InChI is InChI=1S/C59H70Cl2O4.2Na/c1-39(2)14-12-15-40(3)51-24-25-52-50-23-22-48-30-41(26-28-58(48,4)53(50)27-29-59(51,52)5)20-13-21-49(44-31-46(35-62)56(54(60)33-44)64-37-42-16-8-6-9-17-42)45-32-47(36-63)57(55(61)34-45)65-38-43-18-10-7-11-19-43;;/h6-11,16-19,21,31-34,39-41,48,50-53H,12-15,20,22-30,37-38H2,1-5H3;;/q-2;2*+1/t40?,41-,48?,50?,51+,52?,53?,58-,59+;;/m0../s1. The van der Waals surface area contributed by atoms with E-state index in [0.29, 0.717) is 38.3 Å². The Morgan fingerprint density at radius 1 is 0.701 bits per heavy atom. The van der Waals surface area contributed by atoms with Crippen LogP contribution in [0.4, 0.5) is 0 Å². The number of fused-ring (bicyclic) bond motifs is 5. The van der Waals surface area contributed by atoms with Crippen molar-refractivity contribution in [2.75, 3.05) is 0 Å². The minimum atomic E-state index is 0. The van der Waals surface area contributed by atoms with E-state index in [2.05, 4.69) is 53.3 Å². The fourth-order valence-electron chi connectivity index (χ4n) is 13.9. The van der Waals surface area contributed by atoms with Gasteiger partial charge in [-0.05, 0) is 146 Å². The smallest absolute Gasteiger partial charge is 0.545 e. The van der Waals surface area contributed by atoms with Gasteiger partial charge in [-0.15, -0.1) is 23.3 Å². The molecule has 4 fully saturated rings. The molecule has 0 aliphatic heterocycles. The second kappa shape index (κ2) is 24.5. The third-order valence-corrected chi connectivity index (χ3v) is 17.8. The minimum absolute atomic E-state index is 0. The van der Waals surface area contributed by atoms with Crippen molar-refractivity contribution in [1.82, 2.24) is 0 Å². The van der Waals surface area contributed by atoms with Crippen LogP contribution in [0.3, 0.4) is 0 Å². The van der Waals surface area contributed by atoms with Crippen molar-refractivity contribution < 1.29 is 78.2 Å². The van der Waals surface area contributed by atoms with Crippen LogP contribution in [0.5, 0.6) is 11.5 Å². The molecule has 4 aromatic rings. The van der Waals surface area contributed by atoms with Gasteiger partial charge in [0.1, 0.15) is 0 Å². The van der Waals surface area contributed by atoms with Gasteiger partial charge in [-0.3, -0.25) is 0 Å². The molecule has 0 spiro atoms. The third kappa shape index (κ3) is 12.3. The summed E-state index contributed by atoms with van der Waals surface area (Å²) in [4.78, 5) is 25.1. The molecule has 67 heavy (non-hydrogen) atoms. The van der Waals surface area contributed by atoms with E-state index in [-0.39, 0.29) is 83.5 Å². The molecule has 4 aliphatic carbocycles. The van der Waals surface area contributed by atoms with Gasteiger partial charge in [0.05, 0.1) is 25.8 Å². The summed E-state index contributed by atoms with van der Waals surface area (Å²) in [5.74, 6) is 7.23. The van der Waals surface area contributed by atoms with Gasteiger partial charge in [0, 0.05) is 21.5 Å².